The van der Waals surface area contributed by atoms with E-state index in [1.54, 1.807) is 17.7 Å². The smallest absolute Gasteiger partial charge is 0.138 e. The van der Waals surface area contributed by atoms with Gasteiger partial charge in [-0.1, -0.05) is 0 Å². The van der Waals surface area contributed by atoms with Gasteiger partial charge in [-0.3, -0.25) is 0 Å². The largest absolute Gasteiger partial charge is 0.367 e. The summed E-state index contributed by atoms with van der Waals surface area (Å²) in [5, 5.41) is 7.70. The van der Waals surface area contributed by atoms with E-state index in [1.165, 1.54) is 25.7 Å². The third-order valence-corrected chi connectivity index (χ3v) is 5.57. The predicted octanol–water partition coefficient (Wildman–Crippen LogP) is 3.78. The van der Waals surface area contributed by atoms with Crippen molar-refractivity contribution in [2.45, 2.75) is 37.0 Å². The first-order valence-electron chi connectivity index (χ1n) is 6.34. The summed E-state index contributed by atoms with van der Waals surface area (Å²) in [5.41, 5.74) is 0. The first-order chi connectivity index (χ1) is 8.86. The van der Waals surface area contributed by atoms with Crippen molar-refractivity contribution in [3.05, 3.63) is 17.8 Å². The molecule has 0 saturated heterocycles. The highest BCUT2D eigenvalue weighted by molar-refractivity contribution is 7.99. The van der Waals surface area contributed by atoms with Crippen molar-refractivity contribution >= 4 is 39.1 Å². The summed E-state index contributed by atoms with van der Waals surface area (Å²) in [5.74, 6) is 1.01. The monoisotopic (exact) mass is 279 g/mol. The summed E-state index contributed by atoms with van der Waals surface area (Å²) < 4.78 is 0. The van der Waals surface area contributed by atoms with Crippen molar-refractivity contribution in [1.29, 1.82) is 0 Å². The average molecular weight is 279 g/mol. The maximum Gasteiger partial charge on any atom is 0.138 e. The van der Waals surface area contributed by atoms with Gasteiger partial charge >= 0.3 is 0 Å². The number of anilines is 1. The van der Waals surface area contributed by atoms with E-state index in [9.17, 15) is 0 Å². The van der Waals surface area contributed by atoms with Gasteiger partial charge in [0.2, 0.25) is 0 Å². The Hall–Kier alpha value is -0.810. The van der Waals surface area contributed by atoms with Crippen LogP contribution in [0.4, 0.5) is 5.82 Å². The molecule has 0 spiro atoms. The zero-order chi connectivity index (χ0) is 12.4. The number of rotatable bonds is 3. The van der Waals surface area contributed by atoms with Gasteiger partial charge in [0.05, 0.1) is 5.39 Å². The molecule has 2 aromatic rings. The standard InChI is InChI=1S/C13H17N3S2/c1-17-10-4-2-9(3-5-10)16-12-11-6-7-18-13(11)15-8-14-12/h6-10H,2-5H2,1H3,(H,14,15,16). The second-order valence-corrected chi connectivity index (χ2v) is 6.75. The fraction of sp³-hybridized carbons (Fsp3) is 0.538. The first-order valence-corrected chi connectivity index (χ1v) is 8.51. The lowest BCUT2D eigenvalue weighted by atomic mass is 9.95. The number of thiophene rings is 1. The molecular formula is C13H17N3S2. The van der Waals surface area contributed by atoms with Crippen LogP contribution >= 0.6 is 23.1 Å². The molecule has 0 aliphatic heterocycles. The second kappa shape index (κ2) is 5.45. The molecule has 5 heteroatoms. The SMILES string of the molecule is CSC1CCC(Nc2ncnc3sccc23)CC1. The summed E-state index contributed by atoms with van der Waals surface area (Å²) in [6.07, 6.45) is 9.02. The molecule has 96 valence electrons. The Labute approximate surface area is 115 Å². The van der Waals surface area contributed by atoms with Crippen molar-refractivity contribution < 1.29 is 0 Å². The lowest BCUT2D eigenvalue weighted by Gasteiger charge is -2.28. The third-order valence-electron chi connectivity index (χ3n) is 3.61. The van der Waals surface area contributed by atoms with Gasteiger partial charge in [0, 0.05) is 11.3 Å². The molecule has 0 atom stereocenters. The topological polar surface area (TPSA) is 37.8 Å². The van der Waals surface area contributed by atoms with Crippen LogP contribution in [0.5, 0.6) is 0 Å². The molecule has 3 nitrogen and oxygen atoms in total. The number of nitrogens with zero attached hydrogens (tertiary/aromatic N) is 2. The molecule has 1 saturated carbocycles. The highest BCUT2D eigenvalue weighted by Crippen LogP contribution is 2.30. The summed E-state index contributed by atoms with van der Waals surface area (Å²) in [4.78, 5) is 9.75. The Morgan fingerprint density at radius 3 is 2.89 bits per heavy atom. The van der Waals surface area contributed by atoms with Gasteiger partial charge < -0.3 is 5.32 Å². The summed E-state index contributed by atoms with van der Waals surface area (Å²) in [7, 11) is 0. The molecule has 18 heavy (non-hydrogen) atoms. The lowest BCUT2D eigenvalue weighted by molar-refractivity contribution is 0.472. The maximum absolute atomic E-state index is 4.39. The van der Waals surface area contributed by atoms with Crippen molar-refractivity contribution in [2.75, 3.05) is 11.6 Å². The van der Waals surface area contributed by atoms with E-state index in [4.69, 9.17) is 0 Å². The van der Waals surface area contributed by atoms with E-state index in [0.717, 1.165) is 21.3 Å². The fourth-order valence-electron chi connectivity index (χ4n) is 2.54. The van der Waals surface area contributed by atoms with Gasteiger partial charge in [-0.05, 0) is 43.4 Å². The normalized spacial score (nSPS) is 24.3. The van der Waals surface area contributed by atoms with E-state index in [2.05, 4.69) is 33.0 Å². The number of thioether (sulfide) groups is 1. The minimum atomic E-state index is 0.575. The molecule has 0 amide bonds. The highest BCUT2D eigenvalue weighted by Gasteiger charge is 2.21. The molecule has 0 aromatic carbocycles. The van der Waals surface area contributed by atoms with Crippen LogP contribution in [0.1, 0.15) is 25.7 Å². The molecule has 1 aliphatic carbocycles. The molecule has 1 fully saturated rings. The molecule has 0 bridgehead atoms. The Morgan fingerprint density at radius 1 is 1.28 bits per heavy atom. The van der Waals surface area contributed by atoms with Crippen LogP contribution < -0.4 is 5.32 Å². The molecule has 2 heterocycles. The highest BCUT2D eigenvalue weighted by atomic mass is 32.2. The fourth-order valence-corrected chi connectivity index (χ4v) is 4.02. The van der Waals surface area contributed by atoms with Crippen LogP contribution in [0.15, 0.2) is 17.8 Å². The Balaban J connectivity index is 1.71. The third kappa shape index (κ3) is 2.47. The number of nitrogens with one attached hydrogen (secondary N) is 1. The quantitative estimate of drug-likeness (QED) is 0.928. The van der Waals surface area contributed by atoms with Gasteiger partial charge in [0.15, 0.2) is 0 Å². The Bertz CT molecular complexity index is 518. The van der Waals surface area contributed by atoms with Gasteiger partial charge in [0.1, 0.15) is 17.0 Å². The zero-order valence-corrected chi connectivity index (χ0v) is 12.1. The molecule has 0 radical (unpaired) electrons. The minimum Gasteiger partial charge on any atom is -0.367 e. The van der Waals surface area contributed by atoms with Crippen molar-refractivity contribution in [3.63, 3.8) is 0 Å². The number of fused-ring (bicyclic) bond motifs is 1. The van der Waals surface area contributed by atoms with Gasteiger partial charge in [0.25, 0.3) is 0 Å². The van der Waals surface area contributed by atoms with Crippen LogP contribution in [0.3, 0.4) is 0 Å². The van der Waals surface area contributed by atoms with Crippen molar-refractivity contribution in [1.82, 2.24) is 9.97 Å². The zero-order valence-electron chi connectivity index (χ0n) is 10.4. The molecular weight excluding hydrogens is 262 g/mol. The number of aromatic nitrogens is 2. The Kier molecular flexibility index (Phi) is 3.70. The van der Waals surface area contributed by atoms with Crippen molar-refractivity contribution in [3.8, 4) is 0 Å². The molecule has 0 unspecified atom stereocenters. The predicted molar refractivity (Wildman–Crippen MR) is 80.6 cm³/mol. The number of hydrogen-bond acceptors (Lipinski definition) is 5. The van der Waals surface area contributed by atoms with E-state index in [-0.39, 0.29) is 0 Å². The van der Waals surface area contributed by atoms with E-state index in [0.29, 0.717) is 6.04 Å². The molecule has 3 rings (SSSR count). The van der Waals surface area contributed by atoms with E-state index in [1.807, 2.05) is 11.8 Å². The van der Waals surface area contributed by atoms with Gasteiger partial charge in [-0.15, -0.1) is 11.3 Å². The van der Waals surface area contributed by atoms with Crippen LogP contribution in [0.25, 0.3) is 10.2 Å². The van der Waals surface area contributed by atoms with Crippen molar-refractivity contribution in [2.24, 2.45) is 0 Å². The van der Waals surface area contributed by atoms with Crippen LogP contribution in [0, 0.1) is 0 Å². The minimum absolute atomic E-state index is 0.575. The van der Waals surface area contributed by atoms with Crippen LogP contribution in [-0.2, 0) is 0 Å². The molecule has 1 aliphatic rings. The maximum atomic E-state index is 4.39. The summed E-state index contributed by atoms with van der Waals surface area (Å²) in [6, 6.07) is 2.68. The second-order valence-electron chi connectivity index (χ2n) is 4.72. The Morgan fingerprint density at radius 2 is 2.11 bits per heavy atom. The van der Waals surface area contributed by atoms with Gasteiger partial charge in [-0.25, -0.2) is 9.97 Å². The van der Waals surface area contributed by atoms with E-state index < -0.39 is 0 Å². The van der Waals surface area contributed by atoms with Crippen LogP contribution in [-0.4, -0.2) is 27.5 Å². The van der Waals surface area contributed by atoms with E-state index >= 15 is 0 Å². The van der Waals surface area contributed by atoms with Gasteiger partial charge in [-0.2, -0.15) is 11.8 Å². The number of hydrogen-bond donors (Lipinski definition) is 1. The average Bonchev–Trinajstić information content (AvgIpc) is 2.89. The summed E-state index contributed by atoms with van der Waals surface area (Å²) >= 11 is 3.68. The first kappa shape index (κ1) is 12.2. The molecule has 1 N–H and O–H groups in total. The summed E-state index contributed by atoms with van der Waals surface area (Å²) in [6.45, 7) is 0. The molecule has 2 aromatic heterocycles. The lowest BCUT2D eigenvalue weighted by Crippen LogP contribution is -2.27. The van der Waals surface area contributed by atoms with Crippen LogP contribution in [0.2, 0.25) is 0 Å².